The number of fused-ring (bicyclic) bond motifs is 6. The van der Waals surface area contributed by atoms with Gasteiger partial charge in [-0.2, -0.15) is 0 Å². The molecule has 0 spiro atoms. The van der Waals surface area contributed by atoms with Crippen LogP contribution in [0, 0.1) is 107 Å². The zero-order chi connectivity index (χ0) is 35.2. The van der Waals surface area contributed by atoms with Gasteiger partial charge >= 0.3 is 0 Å². The molecule has 11 aliphatic rings. The Labute approximate surface area is 328 Å². The zero-order valence-electron chi connectivity index (χ0n) is 35.1. The van der Waals surface area contributed by atoms with Gasteiger partial charge in [0.05, 0.1) is 0 Å². The van der Waals surface area contributed by atoms with E-state index in [0.717, 1.165) is 119 Å². The summed E-state index contributed by atoms with van der Waals surface area (Å²) in [7, 11) is 0. The molecule has 0 heterocycles. The molecule has 0 N–H and O–H groups in total. The highest BCUT2D eigenvalue weighted by atomic mass is 15.2. The molecular weight excluding hydrogens is 639 g/mol. The van der Waals surface area contributed by atoms with E-state index in [1.165, 1.54) is 57.3 Å². The molecule has 0 aromatic rings. The first-order valence-electron chi connectivity index (χ1n) is 25.9. The fourth-order valence-electron chi connectivity index (χ4n) is 20.5. The molecule has 15 unspecified atom stereocenters. The second-order valence-electron chi connectivity index (χ2n) is 23.7. The number of hydrogen-bond donors (Lipinski definition) is 0. The van der Waals surface area contributed by atoms with Crippen LogP contribution in [0.1, 0.15) is 200 Å². The highest BCUT2D eigenvalue weighted by Gasteiger charge is 2.71. The molecule has 11 aliphatic carbocycles. The molecule has 0 aromatic heterocycles. The molecule has 11 rings (SSSR count). The summed E-state index contributed by atoms with van der Waals surface area (Å²) in [6.45, 7) is 5.15. The van der Waals surface area contributed by atoms with Crippen molar-refractivity contribution in [2.45, 2.75) is 218 Å². The Morgan fingerprint density at radius 2 is 0.642 bits per heavy atom. The van der Waals surface area contributed by atoms with Crippen LogP contribution in [0.4, 0.5) is 0 Å². The number of nitrogens with zero attached hydrogens (tertiary/aromatic N) is 1. The highest BCUT2D eigenvalue weighted by Crippen LogP contribution is 2.76. The molecule has 0 bridgehead atoms. The molecule has 1 nitrogen and oxygen atoms in total. The average Bonchev–Trinajstić information content (AvgIpc) is 3.72. The molecule has 0 aliphatic heterocycles. The van der Waals surface area contributed by atoms with Crippen LogP contribution >= 0.6 is 0 Å². The third kappa shape index (κ3) is 6.01. The van der Waals surface area contributed by atoms with Crippen molar-refractivity contribution >= 4 is 0 Å². The lowest BCUT2D eigenvalue weighted by molar-refractivity contribution is -0.102. The first-order chi connectivity index (χ1) is 26.2. The Kier molecular flexibility index (Phi) is 10.2. The van der Waals surface area contributed by atoms with Gasteiger partial charge in [0, 0.05) is 18.1 Å². The first-order valence-corrected chi connectivity index (χ1v) is 25.9. The number of rotatable bonds is 5. The Balaban J connectivity index is 0.997. The standard InChI is InChI=1S/C52H85N/c1-32-22-26-37(27-23-32)53(38-28-24-33(2)25-29-38)44-31-30-43-48-39(44)18-11-21-42(48)51-46(35-12-5-3-6-13-35)49-40-19-9-16-34-17-10-20-41(45(34)40)50(49)47(52(43)51)36-14-7-4-8-15-36/h32-52H,3-31H2,1-2H3. The SMILES string of the molecule is CC1CCC(N(C2CCC(C)CC2)C2CCC3C4C(CCCC42)C2C(C4CCCCC4)C4C5CCCC6CCCC(C65)C4C(C4CCCCC4)C32)CC1. The predicted molar refractivity (Wildman–Crippen MR) is 221 cm³/mol. The van der Waals surface area contributed by atoms with Gasteiger partial charge in [-0.15, -0.1) is 0 Å². The van der Waals surface area contributed by atoms with Crippen molar-refractivity contribution in [1.82, 2.24) is 4.90 Å². The quantitative estimate of drug-likeness (QED) is 0.273. The van der Waals surface area contributed by atoms with E-state index in [0.29, 0.717) is 0 Å². The van der Waals surface area contributed by atoms with Crippen molar-refractivity contribution in [3.05, 3.63) is 0 Å². The second kappa shape index (κ2) is 15.0. The monoisotopic (exact) mass is 724 g/mol. The van der Waals surface area contributed by atoms with Crippen molar-refractivity contribution in [1.29, 1.82) is 0 Å². The molecule has 0 radical (unpaired) electrons. The maximum atomic E-state index is 3.43. The minimum atomic E-state index is 0.919. The van der Waals surface area contributed by atoms with Crippen molar-refractivity contribution < 1.29 is 0 Å². The summed E-state index contributed by atoms with van der Waals surface area (Å²) in [4.78, 5) is 3.43. The van der Waals surface area contributed by atoms with Crippen LogP contribution in [0.2, 0.25) is 0 Å². The summed E-state index contributed by atoms with van der Waals surface area (Å²) in [6.07, 6.45) is 46.1. The smallest absolute Gasteiger partial charge is 0.0132 e. The Hall–Kier alpha value is -0.0400. The number of hydrogen-bond acceptors (Lipinski definition) is 1. The molecule has 0 amide bonds. The third-order valence-electron chi connectivity index (χ3n) is 21.8. The Morgan fingerprint density at radius 1 is 0.264 bits per heavy atom. The van der Waals surface area contributed by atoms with Crippen molar-refractivity contribution in [2.24, 2.45) is 107 Å². The van der Waals surface area contributed by atoms with E-state index in [1.54, 1.807) is 135 Å². The summed E-state index contributed by atoms with van der Waals surface area (Å²) >= 11 is 0. The van der Waals surface area contributed by atoms with Gasteiger partial charge in [0.25, 0.3) is 0 Å². The van der Waals surface area contributed by atoms with Crippen molar-refractivity contribution in [3.63, 3.8) is 0 Å². The van der Waals surface area contributed by atoms with Crippen LogP contribution in [-0.4, -0.2) is 23.0 Å². The molecule has 298 valence electrons. The van der Waals surface area contributed by atoms with Crippen LogP contribution in [0.3, 0.4) is 0 Å². The lowest BCUT2D eigenvalue weighted by Crippen LogP contribution is -2.58. The molecule has 11 fully saturated rings. The van der Waals surface area contributed by atoms with Gasteiger partial charge in [0.1, 0.15) is 0 Å². The molecule has 0 aromatic carbocycles. The summed E-state index contributed by atoms with van der Waals surface area (Å²) in [5.41, 5.74) is 0. The zero-order valence-corrected chi connectivity index (χ0v) is 35.1. The third-order valence-corrected chi connectivity index (χ3v) is 21.8. The van der Waals surface area contributed by atoms with E-state index >= 15 is 0 Å². The van der Waals surface area contributed by atoms with Crippen LogP contribution in [-0.2, 0) is 0 Å². The minimum absolute atomic E-state index is 0.919. The van der Waals surface area contributed by atoms with Crippen molar-refractivity contribution in [3.8, 4) is 0 Å². The Bertz CT molecular complexity index is 1150. The van der Waals surface area contributed by atoms with E-state index in [9.17, 15) is 0 Å². The van der Waals surface area contributed by atoms with E-state index in [1.807, 2.05) is 0 Å². The van der Waals surface area contributed by atoms with Gasteiger partial charge in [-0.1, -0.05) is 110 Å². The normalized spacial score (nSPS) is 54.5. The van der Waals surface area contributed by atoms with Gasteiger partial charge < -0.3 is 0 Å². The summed E-state index contributed by atoms with van der Waals surface area (Å²) in [6, 6.07) is 2.78. The van der Waals surface area contributed by atoms with Crippen LogP contribution in [0.15, 0.2) is 0 Å². The summed E-state index contributed by atoms with van der Waals surface area (Å²) in [5, 5.41) is 0. The summed E-state index contributed by atoms with van der Waals surface area (Å²) in [5.74, 6) is 20.0. The molecule has 53 heavy (non-hydrogen) atoms. The average molecular weight is 724 g/mol. The van der Waals surface area contributed by atoms with E-state index in [-0.39, 0.29) is 0 Å². The molecule has 1 heteroatoms. The highest BCUT2D eigenvalue weighted by molar-refractivity contribution is 5.19. The fraction of sp³-hybridized carbons (Fsp3) is 1.00. The van der Waals surface area contributed by atoms with Gasteiger partial charge in [-0.25, -0.2) is 0 Å². The largest absolute Gasteiger partial charge is 0.294 e. The second-order valence-corrected chi connectivity index (χ2v) is 23.7. The maximum Gasteiger partial charge on any atom is 0.0132 e. The minimum Gasteiger partial charge on any atom is -0.294 e. The van der Waals surface area contributed by atoms with Gasteiger partial charge in [0.15, 0.2) is 0 Å². The fourth-order valence-corrected chi connectivity index (χ4v) is 20.5. The summed E-state index contributed by atoms with van der Waals surface area (Å²) < 4.78 is 0. The van der Waals surface area contributed by atoms with Crippen LogP contribution in [0.25, 0.3) is 0 Å². The molecule has 0 saturated heterocycles. The first kappa shape index (κ1) is 36.1. The van der Waals surface area contributed by atoms with Crippen LogP contribution in [0.5, 0.6) is 0 Å². The molecular formula is C52H85N. The van der Waals surface area contributed by atoms with Gasteiger partial charge in [-0.3, -0.25) is 4.90 Å². The maximum absolute atomic E-state index is 3.43. The van der Waals surface area contributed by atoms with E-state index in [4.69, 9.17) is 0 Å². The predicted octanol–water partition coefficient (Wildman–Crippen LogP) is 14.0. The molecule has 11 saturated carbocycles. The Morgan fingerprint density at radius 3 is 1.13 bits per heavy atom. The van der Waals surface area contributed by atoms with E-state index < -0.39 is 0 Å². The lowest BCUT2D eigenvalue weighted by Gasteiger charge is -2.58. The molecule has 15 atom stereocenters. The van der Waals surface area contributed by atoms with Crippen LogP contribution < -0.4 is 0 Å². The topological polar surface area (TPSA) is 3.24 Å². The van der Waals surface area contributed by atoms with Gasteiger partial charge in [0.2, 0.25) is 0 Å². The van der Waals surface area contributed by atoms with Crippen molar-refractivity contribution in [2.75, 3.05) is 0 Å². The van der Waals surface area contributed by atoms with Gasteiger partial charge in [-0.05, 0) is 196 Å². The van der Waals surface area contributed by atoms with E-state index in [2.05, 4.69) is 18.7 Å². The lowest BCUT2D eigenvalue weighted by atomic mass is 9.47.